The maximum Gasteiger partial charge on any atom is 0.276 e. The molecule has 0 spiro atoms. The topological polar surface area (TPSA) is 66.9 Å². The van der Waals surface area contributed by atoms with Gasteiger partial charge in [-0.25, -0.2) is 0 Å². The molecule has 0 saturated carbocycles. The number of aromatic nitrogens is 2. The highest BCUT2D eigenvalue weighted by Gasteiger charge is 2.11. The van der Waals surface area contributed by atoms with Crippen LogP contribution in [0.15, 0.2) is 30.3 Å². The van der Waals surface area contributed by atoms with Crippen LogP contribution in [0.2, 0.25) is 5.02 Å². The van der Waals surface area contributed by atoms with Gasteiger partial charge in [0.05, 0.1) is 0 Å². The van der Waals surface area contributed by atoms with Gasteiger partial charge in [0.25, 0.3) is 5.91 Å². The van der Waals surface area contributed by atoms with E-state index in [1.165, 1.54) is 0 Å². The summed E-state index contributed by atoms with van der Waals surface area (Å²) < 4.78 is 0. The smallest absolute Gasteiger partial charge is 0.276 e. The number of halogens is 1. The molecule has 1 aromatic heterocycles. The first-order valence-corrected chi connectivity index (χ1v) is 7.02. The standard InChI is InChI=1S/C15H17ClN4O/c1-9(2)17-14-8-7-13(19-20-14)15(21)18-12-6-4-5-11(16)10(12)3/h4-9H,1-3H3,(H,17,20)(H,18,21). The van der Waals surface area contributed by atoms with Crippen LogP contribution in [0, 0.1) is 6.92 Å². The van der Waals surface area contributed by atoms with Crippen LogP contribution in [0.3, 0.4) is 0 Å². The highest BCUT2D eigenvalue weighted by molar-refractivity contribution is 6.31. The lowest BCUT2D eigenvalue weighted by Gasteiger charge is -2.10. The molecule has 1 amide bonds. The fourth-order valence-electron chi connectivity index (χ4n) is 1.76. The number of rotatable bonds is 4. The van der Waals surface area contributed by atoms with Gasteiger partial charge in [0.2, 0.25) is 0 Å². The Morgan fingerprint density at radius 3 is 2.57 bits per heavy atom. The summed E-state index contributed by atoms with van der Waals surface area (Å²) in [6.07, 6.45) is 0. The van der Waals surface area contributed by atoms with Crippen LogP contribution in [-0.4, -0.2) is 22.1 Å². The number of benzene rings is 1. The molecular formula is C15H17ClN4O. The lowest BCUT2D eigenvalue weighted by Crippen LogP contribution is -2.16. The Bertz CT molecular complexity index is 641. The minimum Gasteiger partial charge on any atom is -0.366 e. The minimum atomic E-state index is -0.316. The van der Waals surface area contributed by atoms with Crippen molar-refractivity contribution in [3.05, 3.63) is 46.6 Å². The summed E-state index contributed by atoms with van der Waals surface area (Å²) in [5.41, 5.74) is 1.74. The van der Waals surface area contributed by atoms with Crippen LogP contribution < -0.4 is 10.6 Å². The summed E-state index contributed by atoms with van der Waals surface area (Å²) in [7, 11) is 0. The fraction of sp³-hybridized carbons (Fsp3) is 0.267. The van der Waals surface area contributed by atoms with Crippen molar-refractivity contribution in [3.63, 3.8) is 0 Å². The number of amides is 1. The molecule has 21 heavy (non-hydrogen) atoms. The number of carbonyl (C=O) groups excluding carboxylic acids is 1. The predicted molar refractivity (Wildman–Crippen MR) is 84.9 cm³/mol. The normalized spacial score (nSPS) is 10.5. The van der Waals surface area contributed by atoms with E-state index in [1.807, 2.05) is 20.8 Å². The van der Waals surface area contributed by atoms with E-state index in [4.69, 9.17) is 11.6 Å². The van der Waals surface area contributed by atoms with Gasteiger partial charge in [0.1, 0.15) is 5.82 Å². The first-order valence-electron chi connectivity index (χ1n) is 6.64. The van der Waals surface area contributed by atoms with Crippen LogP contribution in [-0.2, 0) is 0 Å². The predicted octanol–water partition coefficient (Wildman–Crippen LogP) is 3.51. The quantitative estimate of drug-likeness (QED) is 0.907. The Labute approximate surface area is 128 Å². The van der Waals surface area contributed by atoms with Crippen LogP contribution in [0.5, 0.6) is 0 Å². The van der Waals surface area contributed by atoms with E-state index in [1.54, 1.807) is 30.3 Å². The number of anilines is 2. The van der Waals surface area contributed by atoms with Gasteiger partial charge < -0.3 is 10.6 Å². The summed E-state index contributed by atoms with van der Waals surface area (Å²) in [5.74, 6) is 0.324. The van der Waals surface area contributed by atoms with Gasteiger partial charge in [0, 0.05) is 16.8 Å². The Morgan fingerprint density at radius 1 is 1.19 bits per heavy atom. The molecule has 0 aliphatic heterocycles. The zero-order valence-electron chi connectivity index (χ0n) is 12.1. The molecule has 0 unspecified atom stereocenters. The van der Waals surface area contributed by atoms with E-state index in [9.17, 15) is 4.79 Å². The van der Waals surface area contributed by atoms with E-state index < -0.39 is 0 Å². The molecule has 0 aliphatic carbocycles. The van der Waals surface area contributed by atoms with Gasteiger partial charge in [0.15, 0.2) is 5.69 Å². The highest BCUT2D eigenvalue weighted by Crippen LogP contribution is 2.23. The molecule has 2 aromatic rings. The summed E-state index contributed by atoms with van der Waals surface area (Å²) in [5, 5.41) is 14.4. The van der Waals surface area contributed by atoms with Crippen molar-refractivity contribution < 1.29 is 4.79 Å². The van der Waals surface area contributed by atoms with Gasteiger partial charge in [-0.3, -0.25) is 4.79 Å². The minimum absolute atomic E-state index is 0.253. The van der Waals surface area contributed by atoms with Gasteiger partial charge in [-0.1, -0.05) is 17.7 Å². The monoisotopic (exact) mass is 304 g/mol. The zero-order chi connectivity index (χ0) is 15.4. The van der Waals surface area contributed by atoms with Crippen molar-refractivity contribution in [2.24, 2.45) is 0 Å². The van der Waals surface area contributed by atoms with E-state index in [-0.39, 0.29) is 17.6 Å². The van der Waals surface area contributed by atoms with Crippen molar-refractivity contribution >= 4 is 29.0 Å². The van der Waals surface area contributed by atoms with Crippen molar-refractivity contribution in [2.45, 2.75) is 26.8 Å². The number of hydrogen-bond acceptors (Lipinski definition) is 4. The number of carbonyl (C=O) groups is 1. The summed E-state index contributed by atoms with van der Waals surface area (Å²) >= 11 is 6.02. The van der Waals surface area contributed by atoms with E-state index in [0.717, 1.165) is 5.56 Å². The Morgan fingerprint density at radius 2 is 1.95 bits per heavy atom. The first-order chi connectivity index (χ1) is 9.97. The van der Waals surface area contributed by atoms with Crippen molar-refractivity contribution in [3.8, 4) is 0 Å². The third kappa shape index (κ3) is 3.92. The third-order valence-electron chi connectivity index (χ3n) is 2.85. The van der Waals surface area contributed by atoms with Gasteiger partial charge in [-0.15, -0.1) is 10.2 Å². The Hall–Kier alpha value is -2.14. The zero-order valence-corrected chi connectivity index (χ0v) is 12.9. The van der Waals surface area contributed by atoms with Crippen molar-refractivity contribution in [1.29, 1.82) is 0 Å². The lowest BCUT2D eigenvalue weighted by molar-refractivity contribution is 0.102. The maximum absolute atomic E-state index is 12.1. The molecule has 5 nitrogen and oxygen atoms in total. The number of nitrogens with one attached hydrogen (secondary N) is 2. The second kappa shape index (κ2) is 6.54. The molecule has 0 saturated heterocycles. The van der Waals surface area contributed by atoms with Crippen LogP contribution >= 0.6 is 11.6 Å². The molecule has 1 heterocycles. The molecule has 0 aliphatic rings. The van der Waals surface area contributed by atoms with Crippen molar-refractivity contribution in [1.82, 2.24) is 10.2 Å². The molecule has 1 aromatic carbocycles. The lowest BCUT2D eigenvalue weighted by atomic mass is 10.2. The van der Waals surface area contributed by atoms with Crippen LogP contribution in [0.25, 0.3) is 0 Å². The molecule has 0 atom stereocenters. The van der Waals surface area contributed by atoms with Gasteiger partial charge in [-0.2, -0.15) is 0 Å². The Kier molecular flexibility index (Phi) is 4.75. The fourth-order valence-corrected chi connectivity index (χ4v) is 1.93. The maximum atomic E-state index is 12.1. The molecule has 6 heteroatoms. The molecule has 2 rings (SSSR count). The number of hydrogen-bond donors (Lipinski definition) is 2. The summed E-state index contributed by atoms with van der Waals surface area (Å²) in [6.45, 7) is 5.85. The van der Waals surface area contributed by atoms with Gasteiger partial charge >= 0.3 is 0 Å². The molecule has 0 radical (unpaired) electrons. The van der Waals surface area contributed by atoms with E-state index in [2.05, 4.69) is 20.8 Å². The SMILES string of the molecule is Cc1c(Cl)cccc1NC(=O)c1ccc(NC(C)C)nn1. The molecule has 110 valence electrons. The van der Waals surface area contributed by atoms with Crippen LogP contribution in [0.4, 0.5) is 11.5 Å². The largest absolute Gasteiger partial charge is 0.366 e. The second-order valence-electron chi connectivity index (χ2n) is 4.97. The Balaban J connectivity index is 2.11. The van der Waals surface area contributed by atoms with E-state index in [0.29, 0.717) is 16.5 Å². The summed E-state index contributed by atoms with van der Waals surface area (Å²) in [6, 6.07) is 8.97. The molecular weight excluding hydrogens is 288 g/mol. The molecule has 0 fully saturated rings. The third-order valence-corrected chi connectivity index (χ3v) is 3.26. The van der Waals surface area contributed by atoms with E-state index >= 15 is 0 Å². The summed E-state index contributed by atoms with van der Waals surface area (Å²) in [4.78, 5) is 12.1. The first kappa shape index (κ1) is 15.3. The highest BCUT2D eigenvalue weighted by atomic mass is 35.5. The number of nitrogens with zero attached hydrogens (tertiary/aromatic N) is 2. The second-order valence-corrected chi connectivity index (χ2v) is 5.38. The average molecular weight is 305 g/mol. The van der Waals surface area contributed by atoms with Crippen molar-refractivity contribution in [2.75, 3.05) is 10.6 Å². The average Bonchev–Trinajstić information content (AvgIpc) is 2.44. The molecule has 0 bridgehead atoms. The van der Waals surface area contributed by atoms with Gasteiger partial charge in [-0.05, 0) is 50.6 Å². The van der Waals surface area contributed by atoms with Crippen LogP contribution in [0.1, 0.15) is 29.9 Å². The molecule has 2 N–H and O–H groups in total.